The lowest BCUT2D eigenvalue weighted by Crippen LogP contribution is -2.41. The second kappa shape index (κ2) is 5.94. The van der Waals surface area contributed by atoms with E-state index in [2.05, 4.69) is 20.9 Å². The number of nitrogens with one attached hydrogen (secondary N) is 2. The molecule has 1 saturated heterocycles. The summed E-state index contributed by atoms with van der Waals surface area (Å²) in [5.41, 5.74) is 11.5. The minimum atomic E-state index is 0.270. The molecule has 0 unspecified atom stereocenters. The summed E-state index contributed by atoms with van der Waals surface area (Å²) in [4.78, 5) is 6.23. The summed E-state index contributed by atoms with van der Waals surface area (Å²) in [7, 11) is 0. The molecule has 0 aromatic carbocycles. The van der Waals surface area contributed by atoms with Crippen LogP contribution in [0.5, 0.6) is 0 Å². The average molecular weight is 271 g/mol. The number of ether oxygens (including phenoxy) is 1. The molecule has 1 aromatic heterocycles. The van der Waals surface area contributed by atoms with E-state index in [1.165, 1.54) is 4.68 Å². The van der Waals surface area contributed by atoms with E-state index in [0.717, 1.165) is 19.6 Å². The van der Waals surface area contributed by atoms with E-state index < -0.39 is 0 Å². The number of thiocarbonyl (C=S) groups is 1. The van der Waals surface area contributed by atoms with Crippen LogP contribution in [-0.2, 0) is 4.74 Å². The maximum Gasteiger partial charge on any atom is 0.247 e. The molecule has 2 heterocycles. The molecule has 2 rings (SSSR count). The van der Waals surface area contributed by atoms with Gasteiger partial charge in [0.15, 0.2) is 0 Å². The second-order valence-corrected chi connectivity index (χ2v) is 4.13. The Morgan fingerprint density at radius 1 is 1.50 bits per heavy atom. The molecule has 100 valence electrons. The minimum Gasteiger partial charge on any atom is -0.378 e. The number of hydrazine groups is 1. The largest absolute Gasteiger partial charge is 0.378 e. The molecular weight excluding hydrogens is 254 g/mol. The Labute approximate surface area is 110 Å². The van der Waals surface area contributed by atoms with Gasteiger partial charge in [0.2, 0.25) is 17.0 Å². The van der Waals surface area contributed by atoms with Gasteiger partial charge < -0.3 is 15.4 Å². The normalized spacial score (nSPS) is 15.7. The standard InChI is InChI=1S/C9H17N7OS/c1-2-11-13-9(18)16-7(10)12-8(14-16)15-3-5-17-6-4-15/h11H,2-6H2,1H3,(H,13,18)(H2,10,12,14). The van der Waals surface area contributed by atoms with Gasteiger partial charge in [-0.1, -0.05) is 6.92 Å². The number of nitrogens with zero attached hydrogens (tertiary/aromatic N) is 4. The van der Waals surface area contributed by atoms with Gasteiger partial charge in [-0.25, -0.2) is 5.43 Å². The molecular formula is C9H17N7OS. The predicted octanol–water partition coefficient (Wildman–Crippen LogP) is -1.06. The summed E-state index contributed by atoms with van der Waals surface area (Å²) < 4.78 is 6.68. The highest BCUT2D eigenvalue weighted by atomic mass is 32.1. The first-order valence-electron chi connectivity index (χ1n) is 5.80. The van der Waals surface area contributed by atoms with Crippen LogP contribution in [0.4, 0.5) is 11.9 Å². The van der Waals surface area contributed by atoms with Gasteiger partial charge in [-0.05, 0) is 12.2 Å². The van der Waals surface area contributed by atoms with E-state index in [9.17, 15) is 0 Å². The van der Waals surface area contributed by atoms with Crippen molar-refractivity contribution in [3.8, 4) is 0 Å². The Kier molecular flexibility index (Phi) is 4.28. The first kappa shape index (κ1) is 13.0. The number of aromatic nitrogens is 3. The van der Waals surface area contributed by atoms with Crippen molar-refractivity contribution in [3.05, 3.63) is 0 Å². The van der Waals surface area contributed by atoms with E-state index in [1.54, 1.807) is 0 Å². The molecule has 1 aliphatic rings. The fraction of sp³-hybridized carbons (Fsp3) is 0.667. The van der Waals surface area contributed by atoms with Gasteiger partial charge in [0.1, 0.15) is 0 Å². The fourth-order valence-corrected chi connectivity index (χ4v) is 1.78. The molecule has 9 heteroatoms. The van der Waals surface area contributed by atoms with Crippen LogP contribution < -0.4 is 21.5 Å². The molecule has 4 N–H and O–H groups in total. The molecule has 1 fully saturated rings. The Morgan fingerprint density at radius 3 is 2.89 bits per heavy atom. The number of anilines is 2. The Bertz CT molecular complexity index is 415. The maximum atomic E-state index is 5.80. The smallest absolute Gasteiger partial charge is 0.247 e. The zero-order valence-corrected chi connectivity index (χ0v) is 11.0. The van der Waals surface area contributed by atoms with Crippen molar-refractivity contribution in [2.24, 2.45) is 0 Å². The molecule has 0 amide bonds. The molecule has 1 aromatic rings. The van der Waals surface area contributed by atoms with Crippen LogP contribution in [0.1, 0.15) is 6.92 Å². The lowest BCUT2D eigenvalue weighted by molar-refractivity contribution is 0.122. The van der Waals surface area contributed by atoms with Crippen LogP contribution in [0, 0.1) is 0 Å². The van der Waals surface area contributed by atoms with E-state index in [1.807, 2.05) is 11.8 Å². The van der Waals surface area contributed by atoms with Crippen molar-refractivity contribution < 1.29 is 4.74 Å². The van der Waals surface area contributed by atoms with Gasteiger partial charge >= 0.3 is 0 Å². The monoisotopic (exact) mass is 271 g/mol. The summed E-state index contributed by atoms with van der Waals surface area (Å²) in [5, 5.41) is 4.67. The fourth-order valence-electron chi connectivity index (χ4n) is 1.58. The van der Waals surface area contributed by atoms with Gasteiger partial charge in [-0.2, -0.15) is 9.67 Å². The van der Waals surface area contributed by atoms with Gasteiger partial charge in [0, 0.05) is 19.6 Å². The summed E-state index contributed by atoms with van der Waals surface area (Å²) in [5.74, 6) is 0.850. The number of nitrogens with two attached hydrogens (primary N) is 1. The lowest BCUT2D eigenvalue weighted by Gasteiger charge is -2.25. The number of hydrogen-bond acceptors (Lipinski definition) is 7. The summed E-state index contributed by atoms with van der Waals surface area (Å²) in [6, 6.07) is 0. The molecule has 8 nitrogen and oxygen atoms in total. The third-order valence-electron chi connectivity index (χ3n) is 2.48. The molecule has 0 aliphatic carbocycles. The van der Waals surface area contributed by atoms with E-state index in [-0.39, 0.29) is 5.95 Å². The van der Waals surface area contributed by atoms with Crippen LogP contribution in [0.2, 0.25) is 0 Å². The Balaban J connectivity index is 2.08. The zero-order chi connectivity index (χ0) is 13.0. The molecule has 0 spiro atoms. The van der Waals surface area contributed by atoms with E-state index in [0.29, 0.717) is 24.3 Å². The van der Waals surface area contributed by atoms with Gasteiger partial charge in [0.25, 0.3) is 0 Å². The second-order valence-electron chi connectivity index (χ2n) is 3.74. The SMILES string of the molecule is CCNNC(=S)n1nc(N2CCOCC2)nc1N. The third-order valence-corrected chi connectivity index (χ3v) is 2.75. The van der Waals surface area contributed by atoms with Crippen LogP contribution in [0.25, 0.3) is 0 Å². The van der Waals surface area contributed by atoms with Gasteiger partial charge in [0.05, 0.1) is 13.2 Å². The number of morpholine rings is 1. The van der Waals surface area contributed by atoms with Crippen molar-refractivity contribution in [3.63, 3.8) is 0 Å². The van der Waals surface area contributed by atoms with Crippen LogP contribution in [0.3, 0.4) is 0 Å². The van der Waals surface area contributed by atoms with Crippen LogP contribution >= 0.6 is 12.2 Å². The Hall–Kier alpha value is -1.45. The highest BCUT2D eigenvalue weighted by Gasteiger charge is 2.18. The zero-order valence-electron chi connectivity index (χ0n) is 10.2. The predicted molar refractivity (Wildman–Crippen MR) is 72.3 cm³/mol. The third kappa shape index (κ3) is 2.86. The Morgan fingerprint density at radius 2 is 2.22 bits per heavy atom. The van der Waals surface area contributed by atoms with Crippen LogP contribution in [0.15, 0.2) is 0 Å². The lowest BCUT2D eigenvalue weighted by atomic mass is 10.4. The van der Waals surface area contributed by atoms with Crippen molar-refractivity contribution in [1.29, 1.82) is 0 Å². The molecule has 0 bridgehead atoms. The first-order valence-corrected chi connectivity index (χ1v) is 6.21. The maximum absolute atomic E-state index is 5.80. The summed E-state index contributed by atoms with van der Waals surface area (Å²) in [6.45, 7) is 5.57. The van der Waals surface area contributed by atoms with Crippen LogP contribution in [-0.4, -0.2) is 52.7 Å². The number of hydrogen-bond donors (Lipinski definition) is 3. The number of rotatable bonds is 3. The summed E-state index contributed by atoms with van der Waals surface area (Å²) >= 11 is 5.15. The quantitative estimate of drug-likeness (QED) is 0.473. The van der Waals surface area contributed by atoms with Gasteiger partial charge in [-0.3, -0.25) is 5.43 Å². The molecule has 0 atom stereocenters. The van der Waals surface area contributed by atoms with Crippen molar-refractivity contribution in [1.82, 2.24) is 25.6 Å². The molecule has 0 saturated carbocycles. The van der Waals surface area contributed by atoms with Crippen molar-refractivity contribution in [2.45, 2.75) is 6.92 Å². The topological polar surface area (TPSA) is 93.3 Å². The molecule has 1 aliphatic heterocycles. The van der Waals surface area contributed by atoms with Crippen molar-refractivity contribution in [2.75, 3.05) is 43.5 Å². The average Bonchev–Trinajstić information content (AvgIpc) is 2.79. The molecule has 0 radical (unpaired) electrons. The summed E-state index contributed by atoms with van der Waals surface area (Å²) in [6.07, 6.45) is 0. The molecule has 18 heavy (non-hydrogen) atoms. The first-order chi connectivity index (χ1) is 8.72. The van der Waals surface area contributed by atoms with Gasteiger partial charge in [-0.15, -0.1) is 5.10 Å². The van der Waals surface area contributed by atoms with E-state index >= 15 is 0 Å². The van der Waals surface area contributed by atoms with E-state index in [4.69, 9.17) is 22.7 Å². The highest BCUT2D eigenvalue weighted by molar-refractivity contribution is 7.80. The minimum absolute atomic E-state index is 0.270. The van der Waals surface area contributed by atoms with Crippen molar-refractivity contribution >= 4 is 29.2 Å². The highest BCUT2D eigenvalue weighted by Crippen LogP contribution is 2.12. The number of nitrogen functional groups attached to an aromatic ring is 1.